The average Bonchev–Trinajstić information content (AvgIpc) is 2.40. The van der Waals surface area contributed by atoms with Gasteiger partial charge in [0, 0.05) is 18.1 Å². The van der Waals surface area contributed by atoms with Crippen molar-refractivity contribution in [2.75, 3.05) is 6.54 Å². The van der Waals surface area contributed by atoms with E-state index in [1.807, 2.05) is 25.1 Å². The third-order valence-corrected chi connectivity index (χ3v) is 3.34. The first-order valence-electron chi connectivity index (χ1n) is 6.46. The fraction of sp³-hybridized carbons (Fsp3) is 0.333. The van der Waals surface area contributed by atoms with Gasteiger partial charge in [0.05, 0.1) is 16.8 Å². The smallest absolute Gasteiger partial charge is 0.0622 e. The lowest BCUT2D eigenvalue weighted by molar-refractivity contribution is 0.535. The van der Waals surface area contributed by atoms with E-state index in [1.165, 1.54) is 0 Å². The summed E-state index contributed by atoms with van der Waals surface area (Å²) in [5.41, 5.74) is 3.17. The van der Waals surface area contributed by atoms with Crippen LogP contribution in [-0.4, -0.2) is 16.5 Å². The number of hydrogen-bond donors (Lipinski definition) is 1. The SMILES string of the molecule is CCNC(Cc1ccncc1Cl)c1cccc(C)n1. The van der Waals surface area contributed by atoms with E-state index in [0.717, 1.165) is 29.9 Å². The molecule has 19 heavy (non-hydrogen) atoms. The number of aryl methyl sites for hydroxylation is 1. The van der Waals surface area contributed by atoms with E-state index in [-0.39, 0.29) is 6.04 Å². The Morgan fingerprint density at radius 1 is 1.32 bits per heavy atom. The molecule has 0 radical (unpaired) electrons. The highest BCUT2D eigenvalue weighted by Crippen LogP contribution is 2.21. The molecule has 1 unspecified atom stereocenters. The van der Waals surface area contributed by atoms with Gasteiger partial charge in [-0.25, -0.2) is 0 Å². The first-order valence-corrected chi connectivity index (χ1v) is 6.84. The number of nitrogens with one attached hydrogen (secondary N) is 1. The van der Waals surface area contributed by atoms with Crippen LogP contribution in [0.4, 0.5) is 0 Å². The summed E-state index contributed by atoms with van der Waals surface area (Å²) in [4.78, 5) is 8.61. The van der Waals surface area contributed by atoms with E-state index < -0.39 is 0 Å². The van der Waals surface area contributed by atoms with Crippen molar-refractivity contribution in [3.8, 4) is 0 Å². The summed E-state index contributed by atoms with van der Waals surface area (Å²) < 4.78 is 0. The molecule has 0 aliphatic carbocycles. The Morgan fingerprint density at radius 2 is 2.16 bits per heavy atom. The van der Waals surface area contributed by atoms with Gasteiger partial charge in [0.25, 0.3) is 0 Å². The highest BCUT2D eigenvalue weighted by atomic mass is 35.5. The largest absolute Gasteiger partial charge is 0.309 e. The van der Waals surface area contributed by atoms with E-state index in [4.69, 9.17) is 11.6 Å². The van der Waals surface area contributed by atoms with Crippen molar-refractivity contribution in [3.05, 3.63) is 58.6 Å². The number of rotatable bonds is 5. The summed E-state index contributed by atoms with van der Waals surface area (Å²) in [6.45, 7) is 4.99. The Balaban J connectivity index is 2.24. The average molecular weight is 276 g/mol. The number of aromatic nitrogens is 2. The van der Waals surface area contributed by atoms with Crippen molar-refractivity contribution in [1.29, 1.82) is 0 Å². The monoisotopic (exact) mass is 275 g/mol. The van der Waals surface area contributed by atoms with Crippen molar-refractivity contribution in [3.63, 3.8) is 0 Å². The maximum absolute atomic E-state index is 6.18. The summed E-state index contributed by atoms with van der Waals surface area (Å²) in [6.07, 6.45) is 4.27. The van der Waals surface area contributed by atoms with Crippen molar-refractivity contribution < 1.29 is 0 Å². The van der Waals surface area contributed by atoms with Crippen LogP contribution in [0.15, 0.2) is 36.7 Å². The molecule has 2 aromatic rings. The van der Waals surface area contributed by atoms with E-state index in [2.05, 4.69) is 28.3 Å². The number of pyridine rings is 2. The minimum absolute atomic E-state index is 0.171. The van der Waals surface area contributed by atoms with Gasteiger partial charge in [-0.3, -0.25) is 9.97 Å². The summed E-state index contributed by atoms with van der Waals surface area (Å²) in [5.74, 6) is 0. The third kappa shape index (κ3) is 3.75. The molecular weight excluding hydrogens is 258 g/mol. The predicted molar refractivity (Wildman–Crippen MR) is 78.3 cm³/mol. The van der Waals surface area contributed by atoms with Crippen LogP contribution in [0.2, 0.25) is 5.02 Å². The molecular formula is C15H18ClN3. The molecule has 0 saturated carbocycles. The summed E-state index contributed by atoms with van der Waals surface area (Å²) >= 11 is 6.18. The standard InChI is InChI=1S/C15H18ClN3/c1-3-18-15(14-6-4-5-11(2)19-14)9-12-7-8-17-10-13(12)16/h4-8,10,15,18H,3,9H2,1-2H3. The highest BCUT2D eigenvalue weighted by molar-refractivity contribution is 6.31. The molecule has 2 aromatic heterocycles. The summed E-state index contributed by atoms with van der Waals surface area (Å²) in [5, 5.41) is 4.17. The Bertz CT molecular complexity index is 542. The van der Waals surface area contributed by atoms with Crippen LogP contribution >= 0.6 is 11.6 Å². The molecule has 0 aliphatic heterocycles. The second kappa shape index (κ2) is 6.64. The lowest BCUT2D eigenvalue weighted by Crippen LogP contribution is -2.24. The van der Waals surface area contributed by atoms with Gasteiger partial charge in [-0.05, 0) is 43.7 Å². The molecule has 0 aromatic carbocycles. The molecule has 3 nitrogen and oxygen atoms in total. The third-order valence-electron chi connectivity index (χ3n) is 3.00. The van der Waals surface area contributed by atoms with Crippen LogP contribution in [0.5, 0.6) is 0 Å². The molecule has 0 aliphatic rings. The van der Waals surface area contributed by atoms with E-state index in [1.54, 1.807) is 12.4 Å². The van der Waals surface area contributed by atoms with Gasteiger partial charge in [0.2, 0.25) is 0 Å². The first kappa shape index (κ1) is 14.0. The minimum atomic E-state index is 0.171. The van der Waals surface area contributed by atoms with E-state index >= 15 is 0 Å². The molecule has 100 valence electrons. The van der Waals surface area contributed by atoms with Gasteiger partial charge in [0.15, 0.2) is 0 Å². The maximum atomic E-state index is 6.18. The van der Waals surface area contributed by atoms with Gasteiger partial charge in [-0.1, -0.05) is 24.6 Å². The van der Waals surface area contributed by atoms with E-state index in [0.29, 0.717) is 5.02 Å². The predicted octanol–water partition coefficient (Wildman–Crippen LogP) is 3.33. The van der Waals surface area contributed by atoms with Gasteiger partial charge in [-0.2, -0.15) is 0 Å². The van der Waals surface area contributed by atoms with Gasteiger partial charge in [-0.15, -0.1) is 0 Å². The van der Waals surface area contributed by atoms with Gasteiger partial charge < -0.3 is 5.32 Å². The minimum Gasteiger partial charge on any atom is -0.309 e. The zero-order chi connectivity index (χ0) is 13.7. The van der Waals surface area contributed by atoms with Crippen LogP contribution in [0, 0.1) is 6.92 Å². The second-order valence-corrected chi connectivity index (χ2v) is 4.89. The molecule has 1 atom stereocenters. The Morgan fingerprint density at radius 3 is 2.84 bits per heavy atom. The summed E-state index contributed by atoms with van der Waals surface area (Å²) in [7, 11) is 0. The molecule has 1 N–H and O–H groups in total. The normalized spacial score (nSPS) is 12.4. The van der Waals surface area contributed by atoms with Crippen molar-refractivity contribution in [2.24, 2.45) is 0 Å². The number of nitrogens with zero attached hydrogens (tertiary/aromatic N) is 2. The molecule has 4 heteroatoms. The maximum Gasteiger partial charge on any atom is 0.0622 e. The molecule has 0 amide bonds. The lowest BCUT2D eigenvalue weighted by atomic mass is 10.0. The molecule has 0 spiro atoms. The van der Waals surface area contributed by atoms with Crippen molar-refractivity contribution >= 4 is 11.6 Å². The zero-order valence-electron chi connectivity index (χ0n) is 11.2. The topological polar surface area (TPSA) is 37.8 Å². The van der Waals surface area contributed by atoms with Crippen molar-refractivity contribution in [1.82, 2.24) is 15.3 Å². The first-order chi connectivity index (χ1) is 9.20. The van der Waals surface area contributed by atoms with Crippen LogP contribution in [-0.2, 0) is 6.42 Å². The second-order valence-electron chi connectivity index (χ2n) is 4.49. The Labute approximate surface area is 119 Å². The molecule has 0 bridgehead atoms. The Hall–Kier alpha value is -1.45. The Kier molecular flexibility index (Phi) is 4.88. The fourth-order valence-corrected chi connectivity index (χ4v) is 2.27. The van der Waals surface area contributed by atoms with Crippen molar-refractivity contribution in [2.45, 2.75) is 26.3 Å². The number of halogens is 1. The zero-order valence-corrected chi connectivity index (χ0v) is 12.0. The van der Waals surface area contributed by atoms with Crippen LogP contribution in [0.1, 0.15) is 29.9 Å². The van der Waals surface area contributed by atoms with Gasteiger partial charge in [0.1, 0.15) is 0 Å². The number of hydrogen-bond acceptors (Lipinski definition) is 3. The van der Waals surface area contributed by atoms with E-state index in [9.17, 15) is 0 Å². The fourth-order valence-electron chi connectivity index (χ4n) is 2.08. The molecule has 0 fully saturated rings. The molecule has 0 saturated heterocycles. The van der Waals surface area contributed by atoms with Crippen LogP contribution in [0.3, 0.4) is 0 Å². The van der Waals surface area contributed by atoms with Crippen LogP contribution in [0.25, 0.3) is 0 Å². The summed E-state index contributed by atoms with van der Waals surface area (Å²) in [6, 6.07) is 8.23. The van der Waals surface area contributed by atoms with Crippen LogP contribution < -0.4 is 5.32 Å². The van der Waals surface area contributed by atoms with Gasteiger partial charge >= 0.3 is 0 Å². The molecule has 2 rings (SSSR count). The lowest BCUT2D eigenvalue weighted by Gasteiger charge is -2.18. The number of likely N-dealkylation sites (N-methyl/N-ethyl adjacent to an activating group) is 1. The quantitative estimate of drug-likeness (QED) is 0.909. The molecule has 2 heterocycles. The highest BCUT2D eigenvalue weighted by Gasteiger charge is 2.14.